The van der Waals surface area contributed by atoms with Crippen LogP contribution in [0.25, 0.3) is 10.9 Å². The first-order valence-corrected chi connectivity index (χ1v) is 6.37. The second-order valence-corrected chi connectivity index (χ2v) is 4.41. The molecule has 0 aliphatic rings. The summed E-state index contributed by atoms with van der Waals surface area (Å²) in [6.45, 7) is 0.492. The van der Waals surface area contributed by atoms with Crippen molar-refractivity contribution in [3.8, 4) is 0 Å². The Bertz CT molecular complexity index is 677. The molecule has 3 aromatic rings. The Hall–Kier alpha value is -2.40. The molecule has 2 heterocycles. The Balaban J connectivity index is 1.94. The molecule has 0 fully saturated rings. The van der Waals surface area contributed by atoms with Gasteiger partial charge in [0.15, 0.2) is 0 Å². The molecule has 20 heavy (non-hydrogen) atoms. The van der Waals surface area contributed by atoms with Crippen LogP contribution in [0.15, 0.2) is 53.4 Å². The van der Waals surface area contributed by atoms with Crippen LogP contribution in [0.4, 0.5) is 5.82 Å². The van der Waals surface area contributed by atoms with Gasteiger partial charge in [-0.3, -0.25) is 0 Å². The maximum atomic E-state index is 5.45. The number of furan rings is 1. The van der Waals surface area contributed by atoms with Gasteiger partial charge in [0.05, 0.1) is 18.4 Å². The Morgan fingerprint density at radius 3 is 2.90 bits per heavy atom. The number of aromatic nitrogens is 2. The summed E-state index contributed by atoms with van der Waals surface area (Å²) < 4.78 is 10.7. The molecule has 0 bridgehead atoms. The van der Waals surface area contributed by atoms with E-state index in [1.807, 2.05) is 36.4 Å². The number of hydrogen-bond donors (Lipinski definition) is 1. The molecule has 0 aliphatic heterocycles. The first-order valence-electron chi connectivity index (χ1n) is 6.37. The Morgan fingerprint density at radius 1 is 1.20 bits per heavy atom. The van der Waals surface area contributed by atoms with E-state index in [0.717, 1.165) is 22.5 Å². The topological polar surface area (TPSA) is 60.2 Å². The van der Waals surface area contributed by atoms with Crippen molar-refractivity contribution < 1.29 is 9.15 Å². The lowest BCUT2D eigenvalue weighted by molar-refractivity contribution is 0.178. The second kappa shape index (κ2) is 5.71. The highest BCUT2D eigenvalue weighted by atomic mass is 16.5. The number of methoxy groups -OCH3 is 1. The third kappa shape index (κ3) is 2.48. The highest BCUT2D eigenvalue weighted by Crippen LogP contribution is 2.24. The number of para-hydroxylation sites is 1. The molecule has 5 nitrogen and oxygen atoms in total. The summed E-state index contributed by atoms with van der Waals surface area (Å²) in [4.78, 5) is 8.57. The van der Waals surface area contributed by atoms with E-state index >= 15 is 0 Å². The van der Waals surface area contributed by atoms with Crippen molar-refractivity contribution in [1.82, 2.24) is 9.97 Å². The molecule has 3 rings (SSSR count). The molecule has 5 heteroatoms. The molecule has 0 saturated heterocycles. The molecule has 1 N–H and O–H groups in total. The number of anilines is 1. The second-order valence-electron chi connectivity index (χ2n) is 4.41. The van der Waals surface area contributed by atoms with Gasteiger partial charge in [0.1, 0.15) is 23.9 Å². The van der Waals surface area contributed by atoms with Crippen LogP contribution in [0.3, 0.4) is 0 Å². The largest absolute Gasteiger partial charge is 0.467 e. The van der Waals surface area contributed by atoms with Crippen LogP contribution in [0.5, 0.6) is 0 Å². The summed E-state index contributed by atoms with van der Waals surface area (Å²) in [7, 11) is 1.66. The van der Waals surface area contributed by atoms with E-state index in [9.17, 15) is 0 Å². The van der Waals surface area contributed by atoms with Gasteiger partial charge < -0.3 is 14.5 Å². The van der Waals surface area contributed by atoms with Gasteiger partial charge in [-0.25, -0.2) is 9.97 Å². The van der Waals surface area contributed by atoms with Crippen LogP contribution >= 0.6 is 0 Å². The van der Waals surface area contributed by atoms with Gasteiger partial charge in [0.2, 0.25) is 0 Å². The van der Waals surface area contributed by atoms with Crippen molar-refractivity contribution >= 4 is 16.7 Å². The van der Waals surface area contributed by atoms with Gasteiger partial charge in [-0.2, -0.15) is 0 Å². The average Bonchev–Trinajstić information content (AvgIpc) is 3.01. The minimum Gasteiger partial charge on any atom is -0.467 e. The number of hydrogen-bond acceptors (Lipinski definition) is 5. The summed E-state index contributed by atoms with van der Waals surface area (Å²) in [5, 5.41) is 4.33. The zero-order valence-corrected chi connectivity index (χ0v) is 11.1. The van der Waals surface area contributed by atoms with Gasteiger partial charge in [-0.05, 0) is 24.3 Å². The molecule has 0 amide bonds. The lowest BCUT2D eigenvalue weighted by atomic mass is 10.2. The van der Waals surface area contributed by atoms with Gasteiger partial charge in [0.25, 0.3) is 0 Å². The van der Waals surface area contributed by atoms with E-state index in [2.05, 4.69) is 15.3 Å². The zero-order valence-electron chi connectivity index (χ0n) is 11.1. The maximum absolute atomic E-state index is 5.45. The van der Waals surface area contributed by atoms with Crippen LogP contribution in [-0.2, 0) is 4.74 Å². The Morgan fingerprint density at radius 2 is 2.10 bits per heavy atom. The van der Waals surface area contributed by atoms with E-state index in [0.29, 0.717) is 6.61 Å². The van der Waals surface area contributed by atoms with Crippen LogP contribution < -0.4 is 5.32 Å². The number of fused-ring (bicyclic) bond motifs is 1. The molecule has 0 spiro atoms. The number of nitrogens with zero attached hydrogens (tertiary/aromatic N) is 2. The van der Waals surface area contributed by atoms with E-state index in [-0.39, 0.29) is 6.04 Å². The molecule has 0 saturated carbocycles. The standard InChI is InChI=1S/C15H15N3O2/c1-19-9-13(14-7-4-8-20-14)18-15-11-5-2-3-6-12(11)16-10-17-15/h2-8,10,13H,9H2,1H3,(H,16,17,18). The minimum absolute atomic E-state index is 0.0895. The van der Waals surface area contributed by atoms with Gasteiger partial charge in [0, 0.05) is 12.5 Å². The SMILES string of the molecule is COCC(Nc1ncnc2ccccc12)c1ccco1. The Kier molecular flexibility index (Phi) is 3.60. The fraction of sp³-hybridized carbons (Fsp3) is 0.200. The molecule has 2 aromatic heterocycles. The van der Waals surface area contributed by atoms with Crippen molar-refractivity contribution in [2.24, 2.45) is 0 Å². The van der Waals surface area contributed by atoms with Crippen LogP contribution in [0, 0.1) is 0 Å². The molecule has 102 valence electrons. The van der Waals surface area contributed by atoms with Crippen LogP contribution in [-0.4, -0.2) is 23.7 Å². The lowest BCUT2D eigenvalue weighted by Crippen LogP contribution is -2.16. The average molecular weight is 269 g/mol. The van der Waals surface area contributed by atoms with Crippen molar-refractivity contribution in [2.45, 2.75) is 6.04 Å². The van der Waals surface area contributed by atoms with Crippen molar-refractivity contribution in [1.29, 1.82) is 0 Å². The summed E-state index contributed by atoms with van der Waals surface area (Å²) in [6, 6.07) is 11.6. The van der Waals surface area contributed by atoms with Crippen LogP contribution in [0.1, 0.15) is 11.8 Å². The summed E-state index contributed by atoms with van der Waals surface area (Å²) in [5.41, 5.74) is 0.903. The van der Waals surface area contributed by atoms with E-state index in [4.69, 9.17) is 9.15 Å². The number of benzene rings is 1. The predicted octanol–water partition coefficient (Wildman–Crippen LogP) is 3.02. The molecular weight excluding hydrogens is 254 g/mol. The predicted molar refractivity (Wildman–Crippen MR) is 76.5 cm³/mol. The molecule has 0 radical (unpaired) electrons. The third-order valence-corrected chi connectivity index (χ3v) is 3.07. The molecular formula is C15H15N3O2. The zero-order chi connectivity index (χ0) is 13.8. The first-order chi connectivity index (χ1) is 9.88. The van der Waals surface area contributed by atoms with Gasteiger partial charge in [-0.1, -0.05) is 12.1 Å². The van der Waals surface area contributed by atoms with E-state index < -0.39 is 0 Å². The molecule has 1 unspecified atom stereocenters. The summed E-state index contributed by atoms with van der Waals surface area (Å²) >= 11 is 0. The fourth-order valence-electron chi connectivity index (χ4n) is 2.14. The highest BCUT2D eigenvalue weighted by molar-refractivity contribution is 5.88. The fourth-order valence-corrected chi connectivity index (χ4v) is 2.14. The third-order valence-electron chi connectivity index (χ3n) is 3.07. The summed E-state index contributed by atoms with van der Waals surface area (Å²) in [5.74, 6) is 1.59. The molecule has 1 atom stereocenters. The first kappa shape index (κ1) is 12.6. The molecule has 1 aromatic carbocycles. The highest BCUT2D eigenvalue weighted by Gasteiger charge is 2.16. The van der Waals surface area contributed by atoms with Gasteiger partial charge >= 0.3 is 0 Å². The van der Waals surface area contributed by atoms with Gasteiger partial charge in [-0.15, -0.1) is 0 Å². The summed E-state index contributed by atoms with van der Waals surface area (Å²) in [6.07, 6.45) is 3.20. The van der Waals surface area contributed by atoms with Crippen LogP contribution in [0.2, 0.25) is 0 Å². The van der Waals surface area contributed by atoms with E-state index in [1.54, 1.807) is 19.7 Å². The Labute approximate surface area is 116 Å². The maximum Gasteiger partial charge on any atom is 0.137 e. The molecule has 0 aliphatic carbocycles. The normalized spacial score (nSPS) is 12.4. The quantitative estimate of drug-likeness (QED) is 0.771. The minimum atomic E-state index is -0.0895. The van der Waals surface area contributed by atoms with Crippen molar-refractivity contribution in [3.05, 3.63) is 54.7 Å². The monoisotopic (exact) mass is 269 g/mol. The lowest BCUT2D eigenvalue weighted by Gasteiger charge is -2.17. The number of nitrogens with one attached hydrogen (secondary N) is 1. The van der Waals surface area contributed by atoms with E-state index in [1.165, 1.54) is 0 Å². The van der Waals surface area contributed by atoms with Crippen molar-refractivity contribution in [3.63, 3.8) is 0 Å². The number of rotatable bonds is 5. The number of ether oxygens (including phenoxy) is 1. The van der Waals surface area contributed by atoms with Crippen molar-refractivity contribution in [2.75, 3.05) is 19.0 Å². The smallest absolute Gasteiger partial charge is 0.137 e.